The highest BCUT2D eigenvalue weighted by molar-refractivity contribution is 9.10. The van der Waals surface area contributed by atoms with Crippen LogP contribution in [-0.2, 0) is 19.5 Å². The summed E-state index contributed by atoms with van der Waals surface area (Å²) in [4.78, 5) is 0. The number of hydrogen-bond donors (Lipinski definition) is 1. The van der Waals surface area contributed by atoms with Crippen molar-refractivity contribution in [2.75, 3.05) is 0 Å². The van der Waals surface area contributed by atoms with Crippen LogP contribution in [0.15, 0.2) is 46.9 Å². The van der Waals surface area contributed by atoms with Crippen LogP contribution in [0.25, 0.3) is 0 Å². The minimum atomic E-state index is -0.208. The fraction of sp³-hybridized carbons (Fsp3) is 0.250. The van der Waals surface area contributed by atoms with E-state index in [0.717, 1.165) is 23.0 Å². The summed E-state index contributed by atoms with van der Waals surface area (Å²) in [6.45, 7) is 3.62. The highest BCUT2D eigenvalue weighted by Gasteiger charge is 2.01. The Morgan fingerprint density at radius 1 is 1.05 bits per heavy atom. The second-order valence-corrected chi connectivity index (χ2v) is 5.42. The van der Waals surface area contributed by atoms with E-state index < -0.39 is 0 Å². The second-order valence-electron chi connectivity index (χ2n) is 4.50. The molecule has 0 amide bonds. The molecular weight excluding hydrogens is 305 g/mol. The van der Waals surface area contributed by atoms with Crippen molar-refractivity contribution in [2.24, 2.45) is 0 Å². The summed E-state index contributed by atoms with van der Waals surface area (Å²) in [6, 6.07) is 13.4. The van der Waals surface area contributed by atoms with E-state index in [0.29, 0.717) is 6.54 Å². The average Bonchev–Trinajstić information content (AvgIpc) is 2.38. The lowest BCUT2D eigenvalue weighted by Crippen LogP contribution is -2.14. The zero-order valence-electron chi connectivity index (χ0n) is 10.9. The molecule has 0 radical (unpaired) electrons. The van der Waals surface area contributed by atoms with Gasteiger partial charge in [-0.15, -0.1) is 0 Å². The Labute approximate surface area is 122 Å². The molecule has 2 aromatic rings. The first-order chi connectivity index (χ1) is 9.19. The molecule has 0 heterocycles. The molecular formula is C16H17BrFN. The fourth-order valence-electron chi connectivity index (χ4n) is 2.13. The summed E-state index contributed by atoms with van der Waals surface area (Å²) in [5.74, 6) is -0.208. The molecule has 0 saturated heterocycles. The third kappa shape index (κ3) is 4.15. The number of benzene rings is 2. The SMILES string of the molecule is CCc1ccccc1CNCc1cc(F)cc(Br)c1. The summed E-state index contributed by atoms with van der Waals surface area (Å²) in [5.41, 5.74) is 3.61. The van der Waals surface area contributed by atoms with Gasteiger partial charge in [-0.3, -0.25) is 0 Å². The van der Waals surface area contributed by atoms with E-state index in [1.807, 2.05) is 6.07 Å². The van der Waals surface area contributed by atoms with Gasteiger partial charge in [-0.2, -0.15) is 0 Å². The van der Waals surface area contributed by atoms with Crippen LogP contribution >= 0.6 is 15.9 Å². The quantitative estimate of drug-likeness (QED) is 0.858. The van der Waals surface area contributed by atoms with Gasteiger partial charge in [-0.25, -0.2) is 4.39 Å². The van der Waals surface area contributed by atoms with Crippen LogP contribution in [0.3, 0.4) is 0 Å². The maximum Gasteiger partial charge on any atom is 0.124 e. The minimum Gasteiger partial charge on any atom is -0.309 e. The number of aryl methyl sites for hydroxylation is 1. The van der Waals surface area contributed by atoms with E-state index in [-0.39, 0.29) is 5.82 Å². The van der Waals surface area contributed by atoms with Crippen LogP contribution in [0.1, 0.15) is 23.6 Å². The van der Waals surface area contributed by atoms with Crippen molar-refractivity contribution >= 4 is 15.9 Å². The summed E-state index contributed by atoms with van der Waals surface area (Å²) in [5, 5.41) is 3.36. The van der Waals surface area contributed by atoms with Gasteiger partial charge < -0.3 is 5.32 Å². The monoisotopic (exact) mass is 321 g/mol. The van der Waals surface area contributed by atoms with Gasteiger partial charge >= 0.3 is 0 Å². The van der Waals surface area contributed by atoms with Gasteiger partial charge in [0.15, 0.2) is 0 Å². The molecule has 0 spiro atoms. The molecule has 0 fully saturated rings. The van der Waals surface area contributed by atoms with E-state index in [1.54, 1.807) is 6.07 Å². The molecule has 100 valence electrons. The normalized spacial score (nSPS) is 10.7. The van der Waals surface area contributed by atoms with Crippen molar-refractivity contribution in [1.29, 1.82) is 0 Å². The largest absolute Gasteiger partial charge is 0.309 e. The molecule has 0 atom stereocenters. The Kier molecular flexibility index (Phi) is 5.11. The molecule has 0 aliphatic rings. The Morgan fingerprint density at radius 2 is 1.79 bits per heavy atom. The lowest BCUT2D eigenvalue weighted by molar-refractivity contribution is 0.619. The van der Waals surface area contributed by atoms with Crippen molar-refractivity contribution in [3.63, 3.8) is 0 Å². The first-order valence-corrected chi connectivity index (χ1v) is 7.21. The molecule has 19 heavy (non-hydrogen) atoms. The van der Waals surface area contributed by atoms with E-state index >= 15 is 0 Å². The van der Waals surface area contributed by atoms with Gasteiger partial charge in [-0.05, 0) is 41.3 Å². The zero-order chi connectivity index (χ0) is 13.7. The van der Waals surface area contributed by atoms with Crippen LogP contribution in [0.5, 0.6) is 0 Å². The van der Waals surface area contributed by atoms with Crippen molar-refractivity contribution < 1.29 is 4.39 Å². The van der Waals surface area contributed by atoms with Gasteiger partial charge in [0, 0.05) is 17.6 Å². The Bertz CT molecular complexity index is 534. The number of halogens is 2. The standard InChI is InChI=1S/C16H17BrFN/c1-2-13-5-3-4-6-14(13)11-19-10-12-7-15(17)9-16(18)8-12/h3-9,19H,2,10-11H2,1H3. The molecule has 0 aromatic heterocycles. The minimum absolute atomic E-state index is 0.208. The summed E-state index contributed by atoms with van der Waals surface area (Å²) in [7, 11) is 0. The van der Waals surface area contributed by atoms with Crippen molar-refractivity contribution in [3.8, 4) is 0 Å². The van der Waals surface area contributed by atoms with Gasteiger partial charge in [-0.1, -0.05) is 47.1 Å². The molecule has 0 unspecified atom stereocenters. The molecule has 0 aliphatic carbocycles. The predicted molar refractivity (Wildman–Crippen MR) is 80.5 cm³/mol. The lowest BCUT2D eigenvalue weighted by Gasteiger charge is -2.09. The van der Waals surface area contributed by atoms with Gasteiger partial charge in [0.05, 0.1) is 0 Å². The maximum absolute atomic E-state index is 13.2. The smallest absolute Gasteiger partial charge is 0.124 e. The number of nitrogens with one attached hydrogen (secondary N) is 1. The van der Waals surface area contributed by atoms with Crippen molar-refractivity contribution in [3.05, 3.63) is 69.4 Å². The molecule has 0 saturated carbocycles. The zero-order valence-corrected chi connectivity index (χ0v) is 12.5. The lowest BCUT2D eigenvalue weighted by atomic mass is 10.1. The van der Waals surface area contributed by atoms with E-state index in [2.05, 4.69) is 52.4 Å². The van der Waals surface area contributed by atoms with Crippen LogP contribution < -0.4 is 5.32 Å². The second kappa shape index (κ2) is 6.83. The Morgan fingerprint density at radius 3 is 2.47 bits per heavy atom. The van der Waals surface area contributed by atoms with Crippen LogP contribution in [-0.4, -0.2) is 0 Å². The molecule has 3 heteroatoms. The molecule has 2 rings (SSSR count). The van der Waals surface area contributed by atoms with Crippen molar-refractivity contribution in [1.82, 2.24) is 5.32 Å². The molecule has 0 bridgehead atoms. The topological polar surface area (TPSA) is 12.0 Å². The van der Waals surface area contributed by atoms with Crippen LogP contribution in [0.4, 0.5) is 4.39 Å². The summed E-state index contributed by atoms with van der Waals surface area (Å²) >= 11 is 3.30. The average molecular weight is 322 g/mol. The van der Waals surface area contributed by atoms with E-state index in [9.17, 15) is 4.39 Å². The summed E-state index contributed by atoms with van der Waals surface area (Å²) < 4.78 is 14.0. The Balaban J connectivity index is 1.96. The highest BCUT2D eigenvalue weighted by Crippen LogP contribution is 2.15. The van der Waals surface area contributed by atoms with Crippen LogP contribution in [0, 0.1) is 5.82 Å². The van der Waals surface area contributed by atoms with Crippen molar-refractivity contribution in [2.45, 2.75) is 26.4 Å². The third-order valence-electron chi connectivity index (χ3n) is 3.07. The third-order valence-corrected chi connectivity index (χ3v) is 3.52. The first-order valence-electron chi connectivity index (χ1n) is 6.41. The predicted octanol–water partition coefficient (Wildman–Crippen LogP) is 4.44. The Hall–Kier alpha value is -1.19. The fourth-order valence-corrected chi connectivity index (χ4v) is 2.64. The number of rotatable bonds is 5. The molecule has 0 aliphatic heterocycles. The summed E-state index contributed by atoms with van der Waals surface area (Å²) in [6.07, 6.45) is 1.03. The molecule has 2 aromatic carbocycles. The van der Waals surface area contributed by atoms with Crippen LogP contribution in [0.2, 0.25) is 0 Å². The molecule has 1 N–H and O–H groups in total. The molecule has 1 nitrogen and oxygen atoms in total. The van der Waals surface area contributed by atoms with Gasteiger partial charge in [0.25, 0.3) is 0 Å². The maximum atomic E-state index is 13.2. The van der Waals surface area contributed by atoms with E-state index in [1.165, 1.54) is 17.2 Å². The highest BCUT2D eigenvalue weighted by atomic mass is 79.9. The van der Waals surface area contributed by atoms with Gasteiger partial charge in [0.1, 0.15) is 5.82 Å². The number of hydrogen-bond acceptors (Lipinski definition) is 1. The van der Waals surface area contributed by atoms with Gasteiger partial charge in [0.2, 0.25) is 0 Å². The van der Waals surface area contributed by atoms with E-state index in [4.69, 9.17) is 0 Å². The first kappa shape index (κ1) is 14.2.